The van der Waals surface area contributed by atoms with Crippen LogP contribution in [-0.2, 0) is 6.54 Å². The van der Waals surface area contributed by atoms with Crippen molar-refractivity contribution in [3.8, 4) is 0 Å². The van der Waals surface area contributed by atoms with Crippen LogP contribution in [0.1, 0.15) is 15.9 Å². The Morgan fingerprint density at radius 2 is 1.79 bits per heavy atom. The smallest absolute Gasteiger partial charge is 0.258 e. The highest BCUT2D eigenvalue weighted by atomic mass is 35.5. The average Bonchev–Trinajstić information content (AvgIpc) is 2.56. The molecule has 1 heterocycles. The summed E-state index contributed by atoms with van der Waals surface area (Å²) in [4.78, 5) is 16.9. The molecule has 3 rings (SSSR count). The summed E-state index contributed by atoms with van der Waals surface area (Å²) in [7, 11) is 0. The molecule has 3 aromatic rings. The number of pyridine rings is 1. The molecule has 0 radical (unpaired) electrons. The normalized spacial score (nSPS) is 10.8. The highest BCUT2D eigenvalue weighted by molar-refractivity contribution is 6.40. The summed E-state index contributed by atoms with van der Waals surface area (Å²) in [5.74, 6) is 5.02. The van der Waals surface area contributed by atoms with Crippen LogP contribution in [0.2, 0.25) is 10.0 Å². The Balaban J connectivity index is 2.02. The van der Waals surface area contributed by atoms with Gasteiger partial charge >= 0.3 is 0 Å². The molecule has 7 heteroatoms. The Bertz CT molecular complexity index is 894. The fourth-order valence-corrected chi connectivity index (χ4v) is 3.07. The first-order valence-electron chi connectivity index (χ1n) is 7.17. The minimum atomic E-state index is -0.387. The van der Waals surface area contributed by atoms with Crippen LogP contribution in [0.15, 0.2) is 48.7 Å². The number of aromatic nitrogens is 1. The maximum atomic E-state index is 12.6. The number of hydrogen-bond acceptors (Lipinski definition) is 4. The summed E-state index contributed by atoms with van der Waals surface area (Å²) in [6.07, 6.45) is 1.67. The number of halogens is 2. The number of hydrazine groups is 1. The first kappa shape index (κ1) is 16.7. The lowest BCUT2D eigenvalue weighted by atomic mass is 10.1. The summed E-state index contributed by atoms with van der Waals surface area (Å²) in [6, 6.07) is 12.3. The highest BCUT2D eigenvalue weighted by Crippen LogP contribution is 2.28. The lowest BCUT2D eigenvalue weighted by molar-refractivity contribution is 0.102. The average molecular weight is 361 g/mol. The van der Waals surface area contributed by atoms with Gasteiger partial charge in [-0.3, -0.25) is 21.0 Å². The third-order valence-corrected chi connectivity index (χ3v) is 4.22. The van der Waals surface area contributed by atoms with Gasteiger partial charge in [-0.1, -0.05) is 41.4 Å². The van der Waals surface area contributed by atoms with E-state index in [2.05, 4.69) is 15.7 Å². The van der Waals surface area contributed by atoms with Crippen LogP contribution in [0, 0.1) is 0 Å². The van der Waals surface area contributed by atoms with Crippen molar-refractivity contribution < 1.29 is 4.79 Å². The number of nitrogens with zero attached hydrogens (tertiary/aromatic N) is 1. The molecule has 2 aromatic carbocycles. The van der Waals surface area contributed by atoms with Crippen LogP contribution in [0.3, 0.4) is 0 Å². The second-order valence-corrected chi connectivity index (χ2v) is 5.92. The van der Waals surface area contributed by atoms with Gasteiger partial charge in [-0.2, -0.15) is 0 Å². The fraction of sp³-hybridized carbons (Fsp3) is 0.0588. The van der Waals surface area contributed by atoms with Crippen molar-refractivity contribution in [2.24, 2.45) is 5.84 Å². The fourth-order valence-electron chi connectivity index (χ4n) is 2.50. The molecule has 0 fully saturated rings. The van der Waals surface area contributed by atoms with Crippen molar-refractivity contribution in [1.29, 1.82) is 0 Å². The molecule has 0 aliphatic heterocycles. The Labute approximate surface area is 148 Å². The third kappa shape index (κ3) is 3.20. The zero-order chi connectivity index (χ0) is 17.1. The number of nitrogens with one attached hydrogen (secondary N) is 2. The van der Waals surface area contributed by atoms with Crippen molar-refractivity contribution in [1.82, 2.24) is 10.4 Å². The van der Waals surface area contributed by atoms with Gasteiger partial charge in [-0.25, -0.2) is 0 Å². The zero-order valence-corrected chi connectivity index (χ0v) is 14.0. The van der Waals surface area contributed by atoms with E-state index in [0.29, 0.717) is 27.8 Å². The largest absolute Gasteiger partial charge is 0.320 e. The van der Waals surface area contributed by atoms with E-state index in [1.54, 1.807) is 30.5 Å². The lowest BCUT2D eigenvalue weighted by Gasteiger charge is -2.12. The van der Waals surface area contributed by atoms with E-state index in [1.807, 2.05) is 18.2 Å². The molecule has 5 nitrogen and oxygen atoms in total. The zero-order valence-electron chi connectivity index (χ0n) is 12.5. The minimum absolute atomic E-state index is 0.234. The van der Waals surface area contributed by atoms with Gasteiger partial charge in [0.15, 0.2) is 0 Å². The van der Waals surface area contributed by atoms with Gasteiger partial charge in [0.05, 0.1) is 26.8 Å². The predicted molar refractivity (Wildman–Crippen MR) is 97.2 cm³/mol. The van der Waals surface area contributed by atoms with Crippen molar-refractivity contribution in [2.45, 2.75) is 6.54 Å². The number of rotatable bonds is 4. The molecule has 0 unspecified atom stereocenters. The summed E-state index contributed by atoms with van der Waals surface area (Å²) >= 11 is 12.2. The molecular formula is C17H14Cl2N4O. The molecule has 4 N–H and O–H groups in total. The van der Waals surface area contributed by atoms with Crippen molar-refractivity contribution in [2.75, 3.05) is 5.32 Å². The molecule has 0 bridgehead atoms. The van der Waals surface area contributed by atoms with Crippen molar-refractivity contribution in [3.63, 3.8) is 0 Å². The molecule has 0 aliphatic rings. The monoisotopic (exact) mass is 360 g/mol. The van der Waals surface area contributed by atoms with Crippen LogP contribution in [0.25, 0.3) is 10.9 Å². The number of hydrogen-bond donors (Lipinski definition) is 3. The first-order chi connectivity index (χ1) is 11.6. The van der Waals surface area contributed by atoms with Gasteiger partial charge in [0.25, 0.3) is 5.91 Å². The van der Waals surface area contributed by atoms with Crippen LogP contribution < -0.4 is 16.6 Å². The quantitative estimate of drug-likeness (QED) is 0.488. The Morgan fingerprint density at radius 3 is 2.50 bits per heavy atom. The van der Waals surface area contributed by atoms with E-state index in [0.717, 1.165) is 10.9 Å². The number of fused-ring (bicyclic) bond motifs is 1. The minimum Gasteiger partial charge on any atom is -0.320 e. The Kier molecular flexibility index (Phi) is 4.97. The van der Waals surface area contributed by atoms with E-state index in [9.17, 15) is 4.79 Å². The second-order valence-electron chi connectivity index (χ2n) is 5.10. The number of amides is 1. The molecule has 122 valence electrons. The second kappa shape index (κ2) is 7.15. The number of para-hydroxylation sites is 1. The van der Waals surface area contributed by atoms with Gasteiger partial charge in [0.1, 0.15) is 0 Å². The van der Waals surface area contributed by atoms with E-state index < -0.39 is 0 Å². The van der Waals surface area contributed by atoms with E-state index in [-0.39, 0.29) is 11.5 Å². The molecule has 0 atom stereocenters. The van der Waals surface area contributed by atoms with Crippen LogP contribution in [0.5, 0.6) is 0 Å². The van der Waals surface area contributed by atoms with E-state index in [4.69, 9.17) is 29.0 Å². The molecule has 0 saturated carbocycles. The van der Waals surface area contributed by atoms with Crippen LogP contribution in [-0.4, -0.2) is 10.9 Å². The summed E-state index contributed by atoms with van der Waals surface area (Å²) in [5.41, 5.74) is 5.09. The van der Waals surface area contributed by atoms with Gasteiger partial charge in [0.2, 0.25) is 0 Å². The summed E-state index contributed by atoms with van der Waals surface area (Å²) < 4.78 is 0. The van der Waals surface area contributed by atoms with Crippen molar-refractivity contribution in [3.05, 3.63) is 69.8 Å². The van der Waals surface area contributed by atoms with Gasteiger partial charge < -0.3 is 5.32 Å². The van der Waals surface area contributed by atoms with Crippen LogP contribution in [0.4, 0.5) is 5.69 Å². The Morgan fingerprint density at radius 1 is 1.08 bits per heavy atom. The van der Waals surface area contributed by atoms with Gasteiger partial charge in [-0.15, -0.1) is 0 Å². The molecule has 24 heavy (non-hydrogen) atoms. The van der Waals surface area contributed by atoms with Gasteiger partial charge in [-0.05, 0) is 29.8 Å². The number of anilines is 1. The molecule has 1 amide bonds. The van der Waals surface area contributed by atoms with E-state index in [1.165, 1.54) is 0 Å². The number of carbonyl (C=O) groups excluding carboxylic acids is 1. The predicted octanol–water partition coefficient (Wildman–Crippen LogP) is 3.76. The third-order valence-electron chi connectivity index (χ3n) is 3.59. The molecule has 1 aromatic heterocycles. The van der Waals surface area contributed by atoms with E-state index >= 15 is 0 Å². The molecule has 0 saturated heterocycles. The number of nitrogens with two attached hydrogens (primary N) is 1. The van der Waals surface area contributed by atoms with Crippen LogP contribution >= 0.6 is 23.2 Å². The number of carbonyl (C=O) groups is 1. The maximum Gasteiger partial charge on any atom is 0.258 e. The first-order valence-corrected chi connectivity index (χ1v) is 7.93. The van der Waals surface area contributed by atoms with Gasteiger partial charge in [0, 0.05) is 18.1 Å². The maximum absolute atomic E-state index is 12.6. The lowest BCUT2D eigenvalue weighted by Crippen LogP contribution is -2.21. The summed E-state index contributed by atoms with van der Waals surface area (Å²) in [5, 5.41) is 4.32. The molecular weight excluding hydrogens is 347 g/mol. The molecule has 0 spiro atoms. The highest BCUT2D eigenvalue weighted by Gasteiger charge is 2.16. The summed E-state index contributed by atoms with van der Waals surface area (Å²) in [6.45, 7) is 0.493. The number of benzene rings is 2. The standard InChI is InChI=1S/C17H14Cl2N4O/c18-12-4-2-5-13(19)15(12)17(24)23-14-6-1-3-11-10(9-22-20)7-8-21-16(11)14/h1-8,22H,9,20H2,(H,23,24). The Hall–Kier alpha value is -2.18. The SMILES string of the molecule is NNCc1ccnc2c(NC(=O)c3c(Cl)cccc3Cl)cccc12. The van der Waals surface area contributed by atoms with Crippen molar-refractivity contribution >= 4 is 45.7 Å². The molecule has 0 aliphatic carbocycles. The topological polar surface area (TPSA) is 80.0 Å².